The number of anilines is 1. The second-order valence-corrected chi connectivity index (χ2v) is 6.83. The third-order valence-electron chi connectivity index (χ3n) is 4.33. The molecule has 2 aliphatic heterocycles. The molecule has 2 aliphatic rings. The minimum Gasteiger partial charge on any atom is -0.440 e. The second kappa shape index (κ2) is 6.57. The number of carbonyl (C=O) groups excluding carboxylic acids is 2. The summed E-state index contributed by atoms with van der Waals surface area (Å²) in [6.07, 6.45) is 1.29. The first-order valence-corrected chi connectivity index (χ1v) is 8.16. The van der Waals surface area contributed by atoms with Gasteiger partial charge in [0.25, 0.3) is 0 Å². The molecular formula is C16H19ClFN3O3. The van der Waals surface area contributed by atoms with Crippen molar-refractivity contribution in [3.05, 3.63) is 29.0 Å². The van der Waals surface area contributed by atoms with Crippen molar-refractivity contribution in [2.45, 2.75) is 18.4 Å². The number of rotatable bonds is 3. The van der Waals surface area contributed by atoms with E-state index >= 15 is 0 Å². The number of likely N-dealkylation sites (tertiary alicyclic amines) is 1. The van der Waals surface area contributed by atoms with Crippen LogP contribution in [0.15, 0.2) is 18.2 Å². The van der Waals surface area contributed by atoms with E-state index in [2.05, 4.69) is 5.32 Å². The van der Waals surface area contributed by atoms with Gasteiger partial charge in [0.05, 0.1) is 18.8 Å². The number of hydrogen-bond donors (Lipinski definition) is 1. The Kier molecular flexibility index (Phi) is 4.64. The number of likely N-dealkylation sites (N-methyl/N-ethyl adjacent to an activating group) is 1. The van der Waals surface area contributed by atoms with Crippen molar-refractivity contribution in [2.24, 2.45) is 0 Å². The average Bonchev–Trinajstić information content (AvgIpc) is 2.76. The van der Waals surface area contributed by atoms with E-state index in [1.54, 1.807) is 11.9 Å². The highest BCUT2D eigenvalue weighted by atomic mass is 35.5. The number of halogens is 2. The normalized spacial score (nSPS) is 24.3. The minimum atomic E-state index is -0.572. The smallest absolute Gasteiger partial charge is 0.410 e. The van der Waals surface area contributed by atoms with Crippen LogP contribution in [0.1, 0.15) is 12.8 Å². The van der Waals surface area contributed by atoms with Crippen molar-refractivity contribution in [3.63, 3.8) is 0 Å². The van der Waals surface area contributed by atoms with Crippen LogP contribution >= 0.6 is 11.6 Å². The van der Waals surface area contributed by atoms with E-state index in [1.807, 2.05) is 4.90 Å². The molecule has 24 heavy (non-hydrogen) atoms. The molecule has 130 valence electrons. The lowest BCUT2D eigenvalue weighted by Gasteiger charge is -2.37. The van der Waals surface area contributed by atoms with Gasteiger partial charge in [-0.1, -0.05) is 11.6 Å². The van der Waals surface area contributed by atoms with E-state index in [0.717, 1.165) is 25.5 Å². The summed E-state index contributed by atoms with van der Waals surface area (Å²) in [5.41, 5.74) is -0.446. The van der Waals surface area contributed by atoms with Crippen molar-refractivity contribution in [2.75, 3.05) is 38.5 Å². The minimum absolute atomic E-state index is 0.100. The lowest BCUT2D eigenvalue weighted by Crippen LogP contribution is -2.52. The summed E-state index contributed by atoms with van der Waals surface area (Å²) in [5.74, 6) is -0.886. The Morgan fingerprint density at radius 1 is 1.46 bits per heavy atom. The largest absolute Gasteiger partial charge is 0.440 e. The van der Waals surface area contributed by atoms with Gasteiger partial charge in [0.15, 0.2) is 0 Å². The molecule has 2 fully saturated rings. The van der Waals surface area contributed by atoms with Gasteiger partial charge < -0.3 is 15.0 Å². The van der Waals surface area contributed by atoms with Crippen molar-refractivity contribution < 1.29 is 18.7 Å². The molecule has 2 saturated heterocycles. The van der Waals surface area contributed by atoms with Gasteiger partial charge in [-0.2, -0.15) is 0 Å². The van der Waals surface area contributed by atoms with E-state index in [4.69, 9.17) is 16.3 Å². The molecular weight excluding hydrogens is 337 g/mol. The highest BCUT2D eigenvalue weighted by molar-refractivity contribution is 6.30. The number of hydrogen-bond acceptors (Lipinski definition) is 4. The van der Waals surface area contributed by atoms with Crippen molar-refractivity contribution in [1.82, 2.24) is 9.80 Å². The van der Waals surface area contributed by atoms with E-state index in [9.17, 15) is 14.0 Å². The van der Waals surface area contributed by atoms with Crippen LogP contribution in [0.25, 0.3) is 0 Å². The maximum atomic E-state index is 13.7. The van der Waals surface area contributed by atoms with E-state index in [-0.39, 0.29) is 29.3 Å². The van der Waals surface area contributed by atoms with E-state index < -0.39 is 11.4 Å². The van der Waals surface area contributed by atoms with Crippen LogP contribution in [0, 0.1) is 5.82 Å². The third kappa shape index (κ3) is 3.62. The Balaban J connectivity index is 1.59. The molecule has 8 heteroatoms. The topological polar surface area (TPSA) is 61.9 Å². The van der Waals surface area contributed by atoms with Crippen molar-refractivity contribution in [1.29, 1.82) is 0 Å². The van der Waals surface area contributed by atoms with Crippen LogP contribution in [0.3, 0.4) is 0 Å². The Bertz CT molecular complexity index is 672. The van der Waals surface area contributed by atoms with Crippen LogP contribution in [-0.2, 0) is 9.53 Å². The van der Waals surface area contributed by atoms with Crippen LogP contribution in [0.2, 0.25) is 5.02 Å². The molecule has 1 spiro atoms. The molecule has 1 N–H and O–H groups in total. The van der Waals surface area contributed by atoms with Gasteiger partial charge in [0.2, 0.25) is 5.91 Å². The number of amides is 2. The van der Waals surface area contributed by atoms with Crippen LogP contribution in [0.5, 0.6) is 0 Å². The van der Waals surface area contributed by atoms with E-state index in [1.165, 1.54) is 12.1 Å². The van der Waals surface area contributed by atoms with E-state index in [0.29, 0.717) is 13.1 Å². The first-order valence-electron chi connectivity index (χ1n) is 7.78. The standard InChI is InChI=1S/C16H19ClFN3O3/c1-20-9-16(24-15(20)23)5-2-6-21(10-16)8-14(22)19-13-4-3-11(17)7-12(13)18/h3-4,7H,2,5-6,8-10H2,1H3,(H,19,22). The molecule has 1 unspecified atom stereocenters. The zero-order chi connectivity index (χ0) is 17.3. The average molecular weight is 356 g/mol. The zero-order valence-corrected chi connectivity index (χ0v) is 14.1. The van der Waals surface area contributed by atoms with Gasteiger partial charge in [0.1, 0.15) is 11.4 Å². The summed E-state index contributed by atoms with van der Waals surface area (Å²) in [7, 11) is 1.70. The Morgan fingerprint density at radius 3 is 2.92 bits per heavy atom. The molecule has 1 atom stereocenters. The van der Waals surface area contributed by atoms with Crippen LogP contribution < -0.4 is 5.32 Å². The fraction of sp³-hybridized carbons (Fsp3) is 0.500. The monoisotopic (exact) mass is 355 g/mol. The van der Waals surface area contributed by atoms with Gasteiger partial charge in [-0.05, 0) is 37.6 Å². The summed E-state index contributed by atoms with van der Waals surface area (Å²) in [6, 6.07) is 4.10. The summed E-state index contributed by atoms with van der Waals surface area (Å²) < 4.78 is 19.2. The number of ether oxygens (including phenoxy) is 1. The first kappa shape index (κ1) is 17.0. The molecule has 1 aromatic carbocycles. The highest BCUT2D eigenvalue weighted by Gasteiger charge is 2.46. The second-order valence-electron chi connectivity index (χ2n) is 6.39. The fourth-order valence-corrected chi connectivity index (χ4v) is 3.47. The Morgan fingerprint density at radius 2 is 2.25 bits per heavy atom. The summed E-state index contributed by atoms with van der Waals surface area (Å²) in [5, 5.41) is 2.82. The highest BCUT2D eigenvalue weighted by Crippen LogP contribution is 2.31. The number of carbonyl (C=O) groups is 2. The van der Waals surface area contributed by atoms with Gasteiger partial charge in [-0.3, -0.25) is 9.69 Å². The molecule has 0 aromatic heterocycles. The lowest BCUT2D eigenvalue weighted by atomic mass is 9.93. The first-order chi connectivity index (χ1) is 11.4. The quantitative estimate of drug-likeness (QED) is 0.904. The van der Waals surface area contributed by atoms with Crippen molar-refractivity contribution >= 4 is 29.3 Å². The molecule has 1 aromatic rings. The number of benzene rings is 1. The molecule has 0 radical (unpaired) electrons. The summed E-state index contributed by atoms with van der Waals surface area (Å²) in [6.45, 7) is 1.87. The molecule has 0 aliphatic carbocycles. The molecule has 2 heterocycles. The molecule has 3 rings (SSSR count). The third-order valence-corrected chi connectivity index (χ3v) is 4.57. The SMILES string of the molecule is CN1CC2(CCCN(CC(=O)Nc3ccc(Cl)cc3F)C2)OC1=O. The fourth-order valence-electron chi connectivity index (χ4n) is 3.31. The molecule has 0 saturated carbocycles. The number of nitrogens with zero attached hydrogens (tertiary/aromatic N) is 2. The van der Waals surface area contributed by atoms with Crippen LogP contribution in [0.4, 0.5) is 14.9 Å². The molecule has 2 amide bonds. The number of nitrogens with one attached hydrogen (secondary N) is 1. The Labute approximate surface area is 144 Å². The Hall–Kier alpha value is -1.86. The predicted octanol–water partition coefficient (Wildman–Crippen LogP) is 2.33. The lowest BCUT2D eigenvalue weighted by molar-refractivity contribution is -0.118. The van der Waals surface area contributed by atoms with Crippen molar-refractivity contribution in [3.8, 4) is 0 Å². The van der Waals surface area contributed by atoms with Gasteiger partial charge in [-0.25, -0.2) is 9.18 Å². The molecule has 0 bridgehead atoms. The van der Waals surface area contributed by atoms with Crippen LogP contribution in [-0.4, -0.2) is 60.6 Å². The molecule has 6 nitrogen and oxygen atoms in total. The van der Waals surface area contributed by atoms with Gasteiger partial charge in [-0.15, -0.1) is 0 Å². The summed E-state index contributed by atoms with van der Waals surface area (Å²) in [4.78, 5) is 27.3. The maximum absolute atomic E-state index is 13.7. The maximum Gasteiger partial charge on any atom is 0.410 e. The summed E-state index contributed by atoms with van der Waals surface area (Å²) >= 11 is 5.70. The van der Waals surface area contributed by atoms with Gasteiger partial charge >= 0.3 is 6.09 Å². The zero-order valence-electron chi connectivity index (χ0n) is 13.3. The predicted molar refractivity (Wildman–Crippen MR) is 87.6 cm³/mol. The van der Waals surface area contributed by atoms with Gasteiger partial charge in [0, 0.05) is 18.6 Å². The number of piperidine rings is 1.